The highest BCUT2D eigenvalue weighted by Crippen LogP contribution is 2.52. The van der Waals surface area contributed by atoms with E-state index >= 15 is 0 Å². The third-order valence-corrected chi connectivity index (χ3v) is 26.9. The van der Waals surface area contributed by atoms with Gasteiger partial charge < -0.3 is 113 Å². The lowest BCUT2D eigenvalue weighted by Gasteiger charge is -2.25. The smallest absolute Gasteiger partial charge is 0.356 e. The van der Waals surface area contributed by atoms with Gasteiger partial charge in [-0.15, -0.1) is 0 Å². The van der Waals surface area contributed by atoms with E-state index in [9.17, 15) is 51.2 Å². The zero-order valence-corrected chi connectivity index (χ0v) is 77.5. The summed E-state index contributed by atoms with van der Waals surface area (Å²) in [6.07, 6.45) is 8.18. The first-order chi connectivity index (χ1) is 55.0. The van der Waals surface area contributed by atoms with Crippen LogP contribution < -0.4 is 11.1 Å². The number of ether oxygens (including phenoxy) is 4. The van der Waals surface area contributed by atoms with Crippen molar-refractivity contribution >= 4 is 105 Å². The van der Waals surface area contributed by atoms with Crippen LogP contribution in [0.4, 0.5) is 0 Å². The van der Waals surface area contributed by atoms with Crippen LogP contribution in [0.3, 0.4) is 0 Å². The minimum atomic E-state index is -4.27. The molecule has 0 unspecified atom stereocenters. The molecule has 0 atom stereocenters. The summed E-state index contributed by atoms with van der Waals surface area (Å²) in [6.45, 7) is 34.1. The number of rotatable bonds is 59. The third kappa shape index (κ3) is 45.7. The maximum atomic E-state index is 12.8. The first-order valence-electron chi connectivity index (χ1n) is 38.2. The molecule has 0 radical (unpaired) electrons. The number of nitrogens with zero attached hydrogens (tertiary/aromatic N) is 14. The Labute approximate surface area is 688 Å². The van der Waals surface area contributed by atoms with E-state index in [2.05, 4.69) is 54.7 Å². The molecule has 6 heterocycles. The van der Waals surface area contributed by atoms with E-state index in [1.54, 1.807) is 123 Å². The van der Waals surface area contributed by atoms with Crippen LogP contribution in [0, 0.1) is 0 Å². The molecule has 6 aromatic rings. The maximum Gasteiger partial charge on any atom is 0.356 e. The zero-order valence-electron chi connectivity index (χ0n) is 69.6. The fourth-order valence-corrected chi connectivity index (χ4v) is 19.5. The molecule has 117 heavy (non-hydrogen) atoms. The number of nitrogens with one attached hydrogen (secondary N) is 2. The summed E-state index contributed by atoms with van der Waals surface area (Å²) in [5, 5.41) is 9.57. The number of imidazole rings is 3. The average Bonchev–Trinajstić information content (AvgIpc) is 1.68. The summed E-state index contributed by atoms with van der Waals surface area (Å²) in [6, 6.07) is 0. The Morgan fingerprint density at radius 2 is 0.718 bits per heavy atom. The number of hydrogen-bond acceptors (Lipinski definition) is 34. The number of aliphatic hydroxyl groups excluding tert-OH is 1. The molecule has 0 aliphatic carbocycles. The molecule has 52 heteroatoms. The second-order valence-corrected chi connectivity index (χ2v) is 46.3. The van der Waals surface area contributed by atoms with E-state index in [0.717, 1.165) is 0 Å². The van der Waals surface area contributed by atoms with Crippen LogP contribution in [-0.2, 0) is 111 Å². The van der Waals surface area contributed by atoms with Crippen molar-refractivity contribution < 1.29 is 116 Å². The second kappa shape index (κ2) is 55.0. The number of halogens is 1. The fourth-order valence-electron chi connectivity index (χ4n) is 10.5. The molecule has 0 spiro atoms. The van der Waals surface area contributed by atoms with Crippen molar-refractivity contribution in [3.8, 4) is 0 Å². The first kappa shape index (κ1) is 108. The van der Waals surface area contributed by atoms with Gasteiger partial charge in [-0.3, -0.25) is 56.6 Å². The van der Waals surface area contributed by atoms with Gasteiger partial charge in [-0.1, -0.05) is 11.6 Å². The van der Waals surface area contributed by atoms with E-state index in [-0.39, 0.29) is 111 Å². The molecule has 0 aromatic carbocycles. The topological polar surface area (TPSA) is 532 Å². The van der Waals surface area contributed by atoms with Gasteiger partial charge >= 0.3 is 45.6 Å². The third-order valence-electron chi connectivity index (χ3n) is 15.6. The standard InChI is InChI=1S/C18H32ClN5O5P2.C18H33N5O6P2.C17H39NO8P2.C12H21N5O8P2/c1-5-28-31(26,29-6-2)12-10-23(9-11-27-15-30(3,4)25)7-8-24-14-22-16-17(19)20-13-21-18(16)24;1-5-28-31(26,29-6-2)12-10-22(9-11-27-15-30(3,4)25)7-8-23-14-21-16-17(23)19-13-20-18(16)24;1-7-23-27(20,24-8-2)14-11-18(9-12-19)10-13-22-15-28(21,25-16(3)4)26-17(5)6;18-12-10-11(13-7-14-12)17(8-15-10)2-1-16(4-6-26(19,20)21)3-5-25-9-27(22,23)24/h13-14H,5-12,15H2,1-4H3;13-14H,5-12,15H2,1-4H3,(H,19,20,24);16-17,19H,7-15H2,1-6H3;7-8H,1-6,9H2,(H,13,14,18)(H2,19,20,21)(H2,22,23,24). The van der Waals surface area contributed by atoms with Crippen LogP contribution >= 0.6 is 71.5 Å². The summed E-state index contributed by atoms with van der Waals surface area (Å²) in [5.74, 6) is 0. The predicted octanol–water partition coefficient (Wildman–Crippen LogP) is 8.24. The van der Waals surface area contributed by atoms with Gasteiger partial charge in [0.05, 0.1) is 154 Å². The summed E-state index contributed by atoms with van der Waals surface area (Å²) < 4.78 is 166. The number of aromatic amines is 2. The van der Waals surface area contributed by atoms with Gasteiger partial charge in [0.2, 0.25) is 0 Å². The molecule has 7 N–H and O–H groups in total. The molecule has 6 rings (SSSR count). The summed E-state index contributed by atoms with van der Waals surface area (Å²) in [4.78, 5) is 101. The molecule has 0 fully saturated rings. The SMILES string of the molecule is CCOP(=O)(CCN(CCO)CCOCP(=O)(OC(C)C)OC(C)C)OCC.CCOP(=O)(CCN(CCOCP(C)(C)=O)CCn1cnc2c(=O)[nH]cnc21)OCC.CCOP(=O)(CCN(CCOCP(C)(C)=O)CCn1cnc2c(Cl)ncnc21)OCC.O=c1[nH]cnc2c1ncn2CCN(CCOCP(=O)(O)O)CCP(=O)(O)O. The fraction of sp³-hybridized carbons (Fsp3) is 0.769. The van der Waals surface area contributed by atoms with Crippen molar-refractivity contribution in [2.45, 2.75) is 101 Å². The minimum Gasteiger partial charge on any atom is -0.395 e. The summed E-state index contributed by atoms with van der Waals surface area (Å²) in [7, 11) is -25.8. The van der Waals surface area contributed by atoms with Crippen molar-refractivity contribution in [1.29, 1.82) is 0 Å². The Kier molecular flexibility index (Phi) is 50.6. The largest absolute Gasteiger partial charge is 0.395 e. The van der Waals surface area contributed by atoms with Crippen molar-refractivity contribution in [2.24, 2.45) is 0 Å². The maximum absolute atomic E-state index is 12.8. The van der Waals surface area contributed by atoms with Crippen molar-refractivity contribution in [3.05, 3.63) is 63.8 Å². The Bertz CT molecular complexity index is 4310. The number of H-pyrrole nitrogens is 2. The Morgan fingerprint density at radius 1 is 0.402 bits per heavy atom. The molecule has 0 amide bonds. The molecule has 0 saturated carbocycles. The van der Waals surface area contributed by atoms with E-state index in [1.165, 1.54) is 25.3 Å². The van der Waals surface area contributed by atoms with Crippen LogP contribution in [0.5, 0.6) is 0 Å². The number of aliphatic hydroxyl groups is 1. The molecule has 6 aromatic heterocycles. The molecule has 0 bridgehead atoms. The lowest BCUT2D eigenvalue weighted by atomic mass is 10.4. The predicted molar refractivity (Wildman–Crippen MR) is 448 cm³/mol. The highest BCUT2D eigenvalue weighted by Gasteiger charge is 2.31. The van der Waals surface area contributed by atoms with Crippen LogP contribution in [0.25, 0.3) is 33.5 Å². The lowest BCUT2D eigenvalue weighted by Crippen LogP contribution is -2.33. The first-order valence-corrected chi connectivity index (χ1v) is 54.6. The normalized spacial score (nSPS) is 12.9. The van der Waals surface area contributed by atoms with Crippen molar-refractivity contribution in [2.75, 3.05) is 228 Å². The van der Waals surface area contributed by atoms with Crippen molar-refractivity contribution in [1.82, 2.24) is 78.2 Å². The van der Waals surface area contributed by atoms with E-state index in [1.807, 2.05) is 9.47 Å². The van der Waals surface area contributed by atoms with Crippen LogP contribution in [-0.4, -0.2) is 343 Å². The van der Waals surface area contributed by atoms with E-state index in [0.29, 0.717) is 166 Å². The monoisotopic (exact) mass is 1840 g/mol. The summed E-state index contributed by atoms with van der Waals surface area (Å²) >= 11 is 6.08. The number of aromatic nitrogens is 12. The Hall–Kier alpha value is -3.46. The number of fused-ring (bicyclic) bond motifs is 3. The van der Waals surface area contributed by atoms with Gasteiger partial charge in [-0.05, 0) is 95.9 Å². The quantitative estimate of drug-likeness (QED) is 0.0107. The molecule has 0 aliphatic rings. The molecule has 674 valence electrons. The molecule has 0 aliphatic heterocycles. The van der Waals surface area contributed by atoms with Gasteiger partial charge in [0, 0.05) is 98.2 Å². The van der Waals surface area contributed by atoms with E-state index < -0.39 is 66.2 Å². The Balaban J connectivity index is 0.000000404. The van der Waals surface area contributed by atoms with Crippen LogP contribution in [0.15, 0.2) is 47.6 Å². The zero-order chi connectivity index (χ0) is 87.5. The highest BCUT2D eigenvalue weighted by atomic mass is 35.5. The molecule has 43 nitrogen and oxygen atoms in total. The lowest BCUT2D eigenvalue weighted by molar-refractivity contribution is 0.0841. The average molecular weight is 1850 g/mol. The molecule has 0 saturated heterocycles. The van der Waals surface area contributed by atoms with Gasteiger partial charge in [-0.2, -0.15) is 0 Å². The van der Waals surface area contributed by atoms with Crippen LogP contribution in [0.1, 0.15) is 69.2 Å². The minimum absolute atomic E-state index is 0.0190. The molecular weight excluding hydrogens is 1720 g/mol. The van der Waals surface area contributed by atoms with Crippen molar-refractivity contribution in [3.63, 3.8) is 0 Å². The number of hydrogen-bond donors (Lipinski definition) is 7. The second-order valence-electron chi connectivity index (χ2n) is 27.3. The highest BCUT2D eigenvalue weighted by molar-refractivity contribution is 7.62. The van der Waals surface area contributed by atoms with Gasteiger partial charge in [-0.25, -0.2) is 34.9 Å². The van der Waals surface area contributed by atoms with Crippen LogP contribution in [0.2, 0.25) is 5.15 Å². The summed E-state index contributed by atoms with van der Waals surface area (Å²) in [5.41, 5.74) is 1.91. The van der Waals surface area contributed by atoms with Gasteiger partial charge in [0.15, 0.2) is 33.1 Å². The molecular formula is C65H125ClN16O27P8. The van der Waals surface area contributed by atoms with E-state index in [4.69, 9.17) is 86.3 Å². The van der Waals surface area contributed by atoms with Gasteiger partial charge in [0.1, 0.15) is 38.8 Å². The Morgan fingerprint density at radius 3 is 1.03 bits per heavy atom. The van der Waals surface area contributed by atoms with Gasteiger partial charge in [0.25, 0.3) is 11.1 Å².